The number of benzene rings is 1. The molecule has 4 rings (SSSR count). The van der Waals surface area contributed by atoms with Crippen molar-refractivity contribution in [3.05, 3.63) is 35.1 Å². The van der Waals surface area contributed by atoms with Gasteiger partial charge < -0.3 is 15.2 Å². The largest absolute Gasteiger partial charge is 0.480 e. The van der Waals surface area contributed by atoms with Crippen molar-refractivity contribution in [3.63, 3.8) is 0 Å². The Kier molecular flexibility index (Phi) is 4.01. The van der Waals surface area contributed by atoms with Crippen LogP contribution in [0.2, 0.25) is 0 Å². The lowest BCUT2D eigenvalue weighted by atomic mass is 9.31. The average Bonchev–Trinajstić information content (AvgIpc) is 2.37. The molecule has 0 radical (unpaired) electrons. The van der Waals surface area contributed by atoms with Gasteiger partial charge in [-0.3, -0.25) is 0 Å². The Morgan fingerprint density at radius 1 is 1.19 bits per heavy atom. The number of carbonyl (C=O) groups is 2. The molecule has 2 N–H and O–H groups in total. The number of nitrogens with one attached hydrogen (secondary N) is 1. The molecule has 0 aliphatic heterocycles. The maximum Gasteiger partial charge on any atom is 0.408 e. The summed E-state index contributed by atoms with van der Waals surface area (Å²) < 4.78 is 46.1. The first-order valence-electron chi connectivity index (χ1n) is 8.25. The first-order chi connectivity index (χ1) is 11.9. The molecule has 3 saturated carbocycles. The van der Waals surface area contributed by atoms with E-state index in [4.69, 9.17) is 4.74 Å². The van der Waals surface area contributed by atoms with Crippen molar-refractivity contribution >= 4 is 12.1 Å². The van der Waals surface area contributed by atoms with Crippen LogP contribution >= 0.6 is 0 Å². The highest BCUT2D eigenvalue weighted by molar-refractivity contribution is 5.82. The number of hydrogen-bond donors (Lipinski definition) is 2. The van der Waals surface area contributed by atoms with E-state index in [1.165, 1.54) is 0 Å². The molecule has 3 aliphatic carbocycles. The second-order valence-electron chi connectivity index (χ2n) is 8.34. The quantitative estimate of drug-likeness (QED) is 0.795. The van der Waals surface area contributed by atoms with Gasteiger partial charge in [0.2, 0.25) is 0 Å². The number of halogens is 3. The van der Waals surface area contributed by atoms with E-state index < -0.39 is 52.0 Å². The van der Waals surface area contributed by atoms with E-state index in [1.54, 1.807) is 20.8 Å². The molecule has 5 nitrogen and oxygen atoms in total. The standard InChI is InChI=1S/C18H20F3NO4/c1-16(2,3)26-15(25)22-13(14(23)24)18-6-17(7-18,8-18)10-4-9(19)5-11(20)12(10)21/h4-5,13H,6-8H2,1-3H3,(H,22,25)(H,23,24). The van der Waals surface area contributed by atoms with Gasteiger partial charge in [0.15, 0.2) is 11.6 Å². The molecule has 1 atom stereocenters. The zero-order valence-corrected chi connectivity index (χ0v) is 14.7. The fourth-order valence-electron chi connectivity index (χ4n) is 4.30. The van der Waals surface area contributed by atoms with Crippen LogP contribution in [-0.2, 0) is 14.9 Å². The van der Waals surface area contributed by atoms with E-state index in [9.17, 15) is 27.9 Å². The summed E-state index contributed by atoms with van der Waals surface area (Å²) in [5, 5.41) is 11.8. The summed E-state index contributed by atoms with van der Waals surface area (Å²) in [6.45, 7) is 4.96. The minimum absolute atomic E-state index is 0.0710. The first-order valence-corrected chi connectivity index (χ1v) is 8.25. The molecule has 0 spiro atoms. The van der Waals surface area contributed by atoms with Crippen LogP contribution in [0.25, 0.3) is 0 Å². The minimum atomic E-state index is -1.26. The monoisotopic (exact) mass is 371 g/mol. The predicted molar refractivity (Wildman–Crippen MR) is 85.1 cm³/mol. The van der Waals surface area contributed by atoms with E-state index >= 15 is 0 Å². The van der Waals surface area contributed by atoms with Gasteiger partial charge in [0.1, 0.15) is 17.5 Å². The van der Waals surface area contributed by atoms with E-state index in [0.717, 1.165) is 6.07 Å². The molecule has 0 heterocycles. The third-order valence-electron chi connectivity index (χ3n) is 5.16. The van der Waals surface area contributed by atoms with Gasteiger partial charge in [0, 0.05) is 22.5 Å². The highest BCUT2D eigenvalue weighted by atomic mass is 19.2. The summed E-state index contributed by atoms with van der Waals surface area (Å²) in [5.41, 5.74) is -2.40. The summed E-state index contributed by atoms with van der Waals surface area (Å²) in [7, 11) is 0. The summed E-state index contributed by atoms with van der Waals surface area (Å²) >= 11 is 0. The zero-order chi connectivity index (χ0) is 19.5. The number of hydrogen-bond acceptors (Lipinski definition) is 3. The Labute approximate surface area is 148 Å². The molecular weight excluding hydrogens is 351 g/mol. The van der Waals surface area contributed by atoms with E-state index in [-0.39, 0.29) is 24.8 Å². The van der Waals surface area contributed by atoms with E-state index in [1.807, 2.05) is 0 Å². The van der Waals surface area contributed by atoms with Crippen LogP contribution in [0.5, 0.6) is 0 Å². The van der Waals surface area contributed by atoms with Crippen LogP contribution in [-0.4, -0.2) is 28.8 Å². The fraction of sp³-hybridized carbons (Fsp3) is 0.556. The highest BCUT2D eigenvalue weighted by Gasteiger charge is 2.73. The van der Waals surface area contributed by atoms with Gasteiger partial charge in [-0.1, -0.05) is 0 Å². The number of alkyl carbamates (subject to hydrolysis) is 1. The number of ether oxygens (including phenoxy) is 1. The number of rotatable bonds is 4. The Morgan fingerprint density at radius 3 is 2.27 bits per heavy atom. The topological polar surface area (TPSA) is 75.6 Å². The first kappa shape index (κ1) is 18.5. The summed E-state index contributed by atoms with van der Waals surface area (Å²) in [5.74, 6) is -4.47. The molecule has 1 unspecified atom stereocenters. The minimum Gasteiger partial charge on any atom is -0.480 e. The molecule has 2 bridgehead atoms. The van der Waals surface area contributed by atoms with Gasteiger partial charge in [-0.15, -0.1) is 0 Å². The van der Waals surface area contributed by atoms with Crippen molar-refractivity contribution < 1.29 is 32.6 Å². The number of carboxylic acid groups (broad SMARTS) is 1. The number of amides is 1. The average molecular weight is 371 g/mol. The molecule has 1 aromatic carbocycles. The second-order valence-corrected chi connectivity index (χ2v) is 8.34. The van der Waals surface area contributed by atoms with Crippen LogP contribution in [0.4, 0.5) is 18.0 Å². The third kappa shape index (κ3) is 2.91. The molecule has 1 aromatic rings. The molecule has 0 aromatic heterocycles. The van der Waals surface area contributed by atoms with Gasteiger partial charge in [-0.25, -0.2) is 22.8 Å². The lowest BCUT2D eigenvalue weighted by Crippen LogP contribution is -2.73. The highest BCUT2D eigenvalue weighted by Crippen LogP contribution is 2.75. The van der Waals surface area contributed by atoms with Crippen molar-refractivity contribution in [2.24, 2.45) is 5.41 Å². The fourth-order valence-corrected chi connectivity index (χ4v) is 4.30. The predicted octanol–water partition coefficient (Wildman–Crippen LogP) is 3.50. The van der Waals surface area contributed by atoms with E-state index in [2.05, 4.69) is 5.32 Å². The molecule has 0 saturated heterocycles. The van der Waals surface area contributed by atoms with Gasteiger partial charge in [0.25, 0.3) is 0 Å². The number of carboxylic acids is 1. The molecule has 3 fully saturated rings. The molecule has 142 valence electrons. The summed E-state index contributed by atoms with van der Waals surface area (Å²) in [4.78, 5) is 23.5. The molecule has 8 heteroatoms. The van der Waals surface area contributed by atoms with Gasteiger partial charge in [0.05, 0.1) is 0 Å². The smallest absolute Gasteiger partial charge is 0.408 e. The zero-order valence-electron chi connectivity index (χ0n) is 14.7. The molecule has 26 heavy (non-hydrogen) atoms. The Hall–Kier alpha value is -2.25. The van der Waals surface area contributed by atoms with Gasteiger partial charge >= 0.3 is 12.1 Å². The second kappa shape index (κ2) is 5.62. The Morgan fingerprint density at radius 2 is 1.77 bits per heavy atom. The van der Waals surface area contributed by atoms with Crippen molar-refractivity contribution in [1.29, 1.82) is 0 Å². The number of carbonyl (C=O) groups excluding carboxylic acids is 1. The maximum absolute atomic E-state index is 14.1. The molecule has 3 aliphatic rings. The number of aliphatic carboxylic acids is 1. The Bertz CT molecular complexity index is 768. The van der Waals surface area contributed by atoms with Crippen molar-refractivity contribution in [2.75, 3.05) is 0 Å². The molecule has 1 amide bonds. The normalized spacial score (nSPS) is 27.8. The maximum atomic E-state index is 14.1. The van der Waals surface area contributed by atoms with Crippen LogP contribution in [0.3, 0.4) is 0 Å². The van der Waals surface area contributed by atoms with E-state index in [0.29, 0.717) is 6.07 Å². The van der Waals surface area contributed by atoms with Gasteiger partial charge in [-0.05, 0) is 46.1 Å². The van der Waals surface area contributed by atoms with Crippen molar-refractivity contribution in [3.8, 4) is 0 Å². The summed E-state index contributed by atoms with van der Waals surface area (Å²) in [6.07, 6.45) is -0.169. The lowest BCUT2D eigenvalue weighted by molar-refractivity contribution is -0.184. The van der Waals surface area contributed by atoms with Crippen LogP contribution in [0, 0.1) is 22.9 Å². The molecular formula is C18H20F3NO4. The Balaban J connectivity index is 1.75. The lowest BCUT2D eigenvalue weighted by Gasteiger charge is -2.72. The SMILES string of the molecule is CC(C)(C)OC(=O)NC(C(=O)O)C12CC(c3cc(F)cc(F)c3F)(C1)C2. The van der Waals surface area contributed by atoms with Crippen molar-refractivity contribution in [1.82, 2.24) is 5.32 Å². The van der Waals surface area contributed by atoms with Gasteiger partial charge in [-0.2, -0.15) is 0 Å². The van der Waals surface area contributed by atoms with Crippen LogP contribution in [0.15, 0.2) is 12.1 Å². The van der Waals surface area contributed by atoms with Crippen LogP contribution < -0.4 is 5.32 Å². The van der Waals surface area contributed by atoms with Crippen molar-refractivity contribution in [2.45, 2.75) is 57.1 Å². The third-order valence-corrected chi connectivity index (χ3v) is 5.16. The van der Waals surface area contributed by atoms with Crippen LogP contribution in [0.1, 0.15) is 45.6 Å². The summed E-state index contributed by atoms with van der Waals surface area (Å²) in [6, 6.07) is 0.226.